The third-order valence-corrected chi connectivity index (χ3v) is 5.63. The number of aromatic nitrogens is 1. The SMILES string of the molecule is Cc1ccc(CC(O)C2C3C4CCC(C4)C23)nc1. The van der Waals surface area contributed by atoms with Gasteiger partial charge >= 0.3 is 0 Å². The fourth-order valence-corrected chi connectivity index (χ4v) is 4.88. The monoisotopic (exact) mass is 243 g/mol. The quantitative estimate of drug-likeness (QED) is 0.885. The molecule has 3 fully saturated rings. The lowest BCUT2D eigenvalue weighted by molar-refractivity contribution is 0.127. The van der Waals surface area contributed by atoms with E-state index >= 15 is 0 Å². The average Bonchev–Trinajstić information content (AvgIpc) is 2.82. The van der Waals surface area contributed by atoms with Crippen LogP contribution in [0.4, 0.5) is 0 Å². The molecule has 5 unspecified atom stereocenters. The lowest BCUT2D eigenvalue weighted by Crippen LogP contribution is -2.19. The summed E-state index contributed by atoms with van der Waals surface area (Å²) in [4.78, 5) is 4.42. The molecule has 96 valence electrons. The van der Waals surface area contributed by atoms with Gasteiger partial charge in [-0.25, -0.2) is 0 Å². The first-order chi connectivity index (χ1) is 8.74. The Labute approximate surface area is 108 Å². The molecule has 0 amide bonds. The maximum atomic E-state index is 10.4. The fourth-order valence-electron chi connectivity index (χ4n) is 4.88. The highest BCUT2D eigenvalue weighted by Gasteiger charge is 2.66. The fraction of sp³-hybridized carbons (Fsp3) is 0.688. The molecule has 4 rings (SSSR count). The number of aryl methyl sites for hydroxylation is 1. The Morgan fingerprint density at radius 2 is 2.00 bits per heavy atom. The molecular weight excluding hydrogens is 222 g/mol. The van der Waals surface area contributed by atoms with Gasteiger partial charge in [0.05, 0.1) is 6.10 Å². The number of hydrogen-bond donors (Lipinski definition) is 1. The van der Waals surface area contributed by atoms with E-state index < -0.39 is 0 Å². The lowest BCUT2D eigenvalue weighted by atomic mass is 9.96. The van der Waals surface area contributed by atoms with E-state index in [1.54, 1.807) is 0 Å². The van der Waals surface area contributed by atoms with Crippen molar-refractivity contribution in [3.63, 3.8) is 0 Å². The van der Waals surface area contributed by atoms with Crippen molar-refractivity contribution in [2.75, 3.05) is 0 Å². The molecular formula is C16H21NO. The van der Waals surface area contributed by atoms with Gasteiger partial charge in [0, 0.05) is 18.3 Å². The van der Waals surface area contributed by atoms with Gasteiger partial charge in [0.1, 0.15) is 0 Å². The predicted octanol–water partition coefficient (Wildman–Crippen LogP) is 2.59. The van der Waals surface area contributed by atoms with Gasteiger partial charge in [-0.05, 0) is 67.4 Å². The Balaban J connectivity index is 1.43. The normalized spacial score (nSPS) is 41.8. The second-order valence-corrected chi connectivity index (χ2v) is 6.66. The Hall–Kier alpha value is -0.890. The number of fused-ring (bicyclic) bond motifs is 5. The van der Waals surface area contributed by atoms with Crippen LogP contribution in [0.3, 0.4) is 0 Å². The van der Waals surface area contributed by atoms with Crippen LogP contribution >= 0.6 is 0 Å². The van der Waals surface area contributed by atoms with Crippen molar-refractivity contribution in [1.82, 2.24) is 4.98 Å². The van der Waals surface area contributed by atoms with E-state index in [9.17, 15) is 5.11 Å². The van der Waals surface area contributed by atoms with Crippen molar-refractivity contribution in [3.05, 3.63) is 29.6 Å². The van der Waals surface area contributed by atoms with Gasteiger partial charge in [-0.1, -0.05) is 6.07 Å². The summed E-state index contributed by atoms with van der Waals surface area (Å²) in [6.07, 6.45) is 6.81. The first-order valence-electron chi connectivity index (χ1n) is 7.33. The zero-order chi connectivity index (χ0) is 12.3. The van der Waals surface area contributed by atoms with Gasteiger partial charge in [0.15, 0.2) is 0 Å². The molecule has 2 heteroatoms. The van der Waals surface area contributed by atoms with Gasteiger partial charge in [0.25, 0.3) is 0 Å². The largest absolute Gasteiger partial charge is 0.392 e. The Morgan fingerprint density at radius 1 is 1.28 bits per heavy atom. The summed E-state index contributed by atoms with van der Waals surface area (Å²) in [5, 5.41) is 10.4. The van der Waals surface area contributed by atoms with Crippen molar-refractivity contribution in [2.24, 2.45) is 29.6 Å². The van der Waals surface area contributed by atoms with Gasteiger partial charge in [-0.15, -0.1) is 0 Å². The van der Waals surface area contributed by atoms with Crippen LogP contribution in [-0.4, -0.2) is 16.2 Å². The van der Waals surface area contributed by atoms with E-state index in [-0.39, 0.29) is 6.10 Å². The number of pyridine rings is 1. The van der Waals surface area contributed by atoms with E-state index in [4.69, 9.17) is 0 Å². The molecule has 2 bridgehead atoms. The van der Waals surface area contributed by atoms with Crippen molar-refractivity contribution in [1.29, 1.82) is 0 Å². The van der Waals surface area contributed by atoms with Crippen LogP contribution in [0, 0.1) is 36.5 Å². The van der Waals surface area contributed by atoms with E-state index in [1.165, 1.54) is 24.8 Å². The topological polar surface area (TPSA) is 33.1 Å². The molecule has 0 radical (unpaired) electrons. The molecule has 3 aliphatic carbocycles. The van der Waals surface area contributed by atoms with Crippen molar-refractivity contribution in [2.45, 2.75) is 38.7 Å². The van der Waals surface area contributed by atoms with E-state index in [0.717, 1.165) is 35.8 Å². The number of hydrogen-bond acceptors (Lipinski definition) is 2. The predicted molar refractivity (Wildman–Crippen MR) is 70.0 cm³/mol. The van der Waals surface area contributed by atoms with E-state index in [2.05, 4.69) is 24.0 Å². The molecule has 2 nitrogen and oxygen atoms in total. The van der Waals surface area contributed by atoms with Gasteiger partial charge in [-0.2, -0.15) is 0 Å². The van der Waals surface area contributed by atoms with Gasteiger partial charge in [-0.3, -0.25) is 4.98 Å². The van der Waals surface area contributed by atoms with Crippen molar-refractivity contribution in [3.8, 4) is 0 Å². The number of aliphatic hydroxyl groups is 1. The molecule has 0 aromatic carbocycles. The third kappa shape index (κ3) is 1.55. The maximum Gasteiger partial charge on any atom is 0.0629 e. The Morgan fingerprint density at radius 3 is 2.61 bits per heavy atom. The highest BCUT2D eigenvalue weighted by atomic mass is 16.3. The molecule has 0 spiro atoms. The molecule has 3 saturated carbocycles. The maximum absolute atomic E-state index is 10.4. The molecule has 18 heavy (non-hydrogen) atoms. The minimum atomic E-state index is -0.154. The average molecular weight is 243 g/mol. The van der Waals surface area contributed by atoms with Gasteiger partial charge in [0.2, 0.25) is 0 Å². The minimum Gasteiger partial charge on any atom is -0.392 e. The van der Waals surface area contributed by atoms with Crippen LogP contribution in [0.25, 0.3) is 0 Å². The summed E-state index contributed by atoms with van der Waals surface area (Å²) >= 11 is 0. The molecule has 1 aromatic rings. The summed E-state index contributed by atoms with van der Waals surface area (Å²) in [7, 11) is 0. The number of rotatable bonds is 3. The van der Waals surface area contributed by atoms with Crippen LogP contribution in [0.5, 0.6) is 0 Å². The van der Waals surface area contributed by atoms with Gasteiger partial charge < -0.3 is 5.11 Å². The third-order valence-electron chi connectivity index (χ3n) is 5.63. The highest BCUT2D eigenvalue weighted by Crippen LogP contribution is 2.70. The Kier molecular flexibility index (Phi) is 2.32. The van der Waals surface area contributed by atoms with Crippen LogP contribution < -0.4 is 0 Å². The van der Waals surface area contributed by atoms with Crippen molar-refractivity contribution >= 4 is 0 Å². The van der Waals surface area contributed by atoms with Crippen LogP contribution in [0.2, 0.25) is 0 Å². The number of nitrogens with zero attached hydrogens (tertiary/aromatic N) is 1. The summed E-state index contributed by atoms with van der Waals surface area (Å²) in [5.41, 5.74) is 2.24. The van der Waals surface area contributed by atoms with Crippen LogP contribution in [0.1, 0.15) is 30.5 Å². The second kappa shape index (κ2) is 3.80. The summed E-state index contributed by atoms with van der Waals surface area (Å²) in [6, 6.07) is 4.15. The van der Waals surface area contributed by atoms with E-state index in [0.29, 0.717) is 5.92 Å². The van der Waals surface area contributed by atoms with E-state index in [1.807, 2.05) is 6.20 Å². The zero-order valence-electron chi connectivity index (χ0n) is 10.9. The first kappa shape index (κ1) is 11.0. The molecule has 1 aromatic heterocycles. The second-order valence-electron chi connectivity index (χ2n) is 6.66. The molecule has 0 aliphatic heterocycles. The summed E-state index contributed by atoms with van der Waals surface area (Å²) in [6.45, 7) is 2.05. The molecule has 1 heterocycles. The molecule has 0 saturated heterocycles. The molecule has 3 aliphatic rings. The highest BCUT2D eigenvalue weighted by molar-refractivity contribution is 5.17. The van der Waals surface area contributed by atoms with Crippen molar-refractivity contribution < 1.29 is 5.11 Å². The summed E-state index contributed by atoms with van der Waals surface area (Å²) < 4.78 is 0. The summed E-state index contributed by atoms with van der Waals surface area (Å²) in [5.74, 6) is 4.23. The molecule has 5 atom stereocenters. The minimum absolute atomic E-state index is 0.154. The smallest absolute Gasteiger partial charge is 0.0629 e. The van der Waals surface area contributed by atoms with Crippen LogP contribution in [-0.2, 0) is 6.42 Å². The lowest BCUT2D eigenvalue weighted by Gasteiger charge is -2.14. The Bertz CT molecular complexity index is 439. The molecule has 1 N–H and O–H groups in total. The zero-order valence-corrected chi connectivity index (χ0v) is 10.9. The number of aliphatic hydroxyl groups excluding tert-OH is 1. The standard InChI is InChI=1S/C16H21NO/c1-9-2-5-12(17-8-9)7-13(18)16-14-10-3-4-11(6-10)15(14)16/h2,5,8,10-11,13-16,18H,3-4,6-7H2,1H3. The van der Waals surface area contributed by atoms with Crippen LogP contribution in [0.15, 0.2) is 18.3 Å². The first-order valence-corrected chi connectivity index (χ1v) is 7.33.